The second-order valence-electron chi connectivity index (χ2n) is 6.12. The van der Waals surface area contributed by atoms with Gasteiger partial charge in [-0.15, -0.1) is 5.10 Å². The lowest BCUT2D eigenvalue weighted by Crippen LogP contribution is -2.19. The number of hydrogen-bond acceptors (Lipinski definition) is 4. The van der Waals surface area contributed by atoms with Crippen molar-refractivity contribution < 1.29 is 0 Å². The molecule has 0 spiro atoms. The fourth-order valence-corrected chi connectivity index (χ4v) is 2.78. The third kappa shape index (κ3) is 4.36. The highest BCUT2D eigenvalue weighted by Crippen LogP contribution is 2.32. The van der Waals surface area contributed by atoms with Crippen LogP contribution in [0.4, 0.5) is 0 Å². The van der Waals surface area contributed by atoms with Gasteiger partial charge in [0.05, 0.1) is 10.6 Å². The summed E-state index contributed by atoms with van der Waals surface area (Å²) in [6.07, 6.45) is 2.34. The summed E-state index contributed by atoms with van der Waals surface area (Å²) in [4.78, 5) is 1.31. The van der Waals surface area contributed by atoms with Gasteiger partial charge >= 0.3 is 0 Å². The Kier molecular flexibility index (Phi) is 5.07. The molecule has 0 aliphatic carbocycles. The molecule has 0 saturated heterocycles. The molecule has 1 N–H and O–H groups in total. The number of hydrogen-bond donors (Lipinski definition) is 1. The van der Waals surface area contributed by atoms with Crippen LogP contribution in [0.25, 0.3) is 0 Å². The monoisotopic (exact) mass is 255 g/mol. The normalized spacial score (nSPS) is 14.3. The van der Waals surface area contributed by atoms with Crippen LogP contribution in [0.5, 0.6) is 0 Å². The maximum absolute atomic E-state index is 4.26. The molecule has 4 heteroatoms. The number of nitrogens with zero attached hydrogens (tertiary/aromatic N) is 2. The van der Waals surface area contributed by atoms with Gasteiger partial charge in [0, 0.05) is 6.04 Å². The van der Waals surface area contributed by atoms with Gasteiger partial charge in [0.25, 0.3) is 0 Å². The minimum absolute atomic E-state index is 0.380. The van der Waals surface area contributed by atoms with Crippen LogP contribution in [-0.4, -0.2) is 16.6 Å². The summed E-state index contributed by atoms with van der Waals surface area (Å²) in [5.41, 5.74) is 1.54. The van der Waals surface area contributed by atoms with E-state index in [9.17, 15) is 0 Å². The van der Waals surface area contributed by atoms with E-state index in [4.69, 9.17) is 0 Å². The summed E-state index contributed by atoms with van der Waals surface area (Å²) < 4.78 is 4.11. The van der Waals surface area contributed by atoms with E-state index in [1.54, 1.807) is 0 Å². The van der Waals surface area contributed by atoms with E-state index < -0.39 is 0 Å². The second kappa shape index (κ2) is 5.91. The largest absolute Gasteiger partial charge is 0.312 e. The van der Waals surface area contributed by atoms with E-state index in [0.29, 0.717) is 17.4 Å². The van der Waals surface area contributed by atoms with Crippen molar-refractivity contribution in [3.05, 3.63) is 10.6 Å². The standard InChI is InChI=1S/C13H25N3S/c1-9(2)11-12(17-16-15-11)10(14-6)7-8-13(3,4)5/h9-10,14H,7-8H2,1-6H3. The molecule has 1 unspecified atom stereocenters. The SMILES string of the molecule is CNC(CCC(C)(C)C)c1snnc1C(C)C. The van der Waals surface area contributed by atoms with Gasteiger partial charge in [0.1, 0.15) is 0 Å². The lowest BCUT2D eigenvalue weighted by atomic mass is 9.88. The Hall–Kier alpha value is -0.480. The quantitative estimate of drug-likeness (QED) is 0.870. The summed E-state index contributed by atoms with van der Waals surface area (Å²) in [5, 5.41) is 7.66. The zero-order valence-corrected chi connectivity index (χ0v) is 12.7. The molecule has 0 saturated carbocycles. The van der Waals surface area contributed by atoms with Gasteiger partial charge in [-0.05, 0) is 42.8 Å². The molecule has 0 amide bonds. The zero-order chi connectivity index (χ0) is 13.1. The summed E-state index contributed by atoms with van der Waals surface area (Å²) in [6.45, 7) is 11.2. The Morgan fingerprint density at radius 2 is 1.94 bits per heavy atom. The van der Waals surface area contributed by atoms with Crippen LogP contribution < -0.4 is 5.32 Å². The topological polar surface area (TPSA) is 37.8 Å². The van der Waals surface area contributed by atoms with Crippen LogP contribution in [0, 0.1) is 5.41 Å². The van der Waals surface area contributed by atoms with Crippen molar-refractivity contribution in [3.8, 4) is 0 Å². The van der Waals surface area contributed by atoms with Crippen LogP contribution in [-0.2, 0) is 0 Å². The van der Waals surface area contributed by atoms with Gasteiger partial charge in [-0.1, -0.05) is 39.1 Å². The first-order valence-electron chi connectivity index (χ1n) is 6.34. The van der Waals surface area contributed by atoms with Crippen molar-refractivity contribution in [2.24, 2.45) is 5.41 Å². The lowest BCUT2D eigenvalue weighted by Gasteiger charge is -2.22. The smallest absolute Gasteiger partial charge is 0.0829 e. The van der Waals surface area contributed by atoms with Crippen molar-refractivity contribution >= 4 is 11.5 Å². The number of rotatable bonds is 5. The van der Waals surface area contributed by atoms with Crippen molar-refractivity contribution in [3.63, 3.8) is 0 Å². The molecule has 98 valence electrons. The molecule has 3 nitrogen and oxygen atoms in total. The number of aromatic nitrogens is 2. The molecule has 0 aliphatic heterocycles. The molecule has 17 heavy (non-hydrogen) atoms. The van der Waals surface area contributed by atoms with Crippen molar-refractivity contribution in [1.29, 1.82) is 0 Å². The molecule has 1 rings (SSSR count). The molecule has 1 aromatic heterocycles. The molecule has 1 atom stereocenters. The maximum Gasteiger partial charge on any atom is 0.0829 e. The Bertz CT molecular complexity index is 339. The maximum atomic E-state index is 4.26. The predicted molar refractivity (Wildman–Crippen MR) is 74.5 cm³/mol. The van der Waals surface area contributed by atoms with E-state index in [1.807, 2.05) is 7.05 Å². The molecule has 0 fully saturated rings. The third-order valence-electron chi connectivity index (χ3n) is 2.94. The van der Waals surface area contributed by atoms with Crippen molar-refractivity contribution in [2.75, 3.05) is 7.05 Å². The highest BCUT2D eigenvalue weighted by atomic mass is 32.1. The summed E-state index contributed by atoms with van der Waals surface area (Å²) in [6, 6.07) is 0.395. The first-order valence-corrected chi connectivity index (χ1v) is 7.12. The average molecular weight is 255 g/mol. The van der Waals surface area contributed by atoms with Crippen LogP contribution in [0.1, 0.15) is 70.0 Å². The molecule has 0 aliphatic rings. The fraction of sp³-hybridized carbons (Fsp3) is 0.846. The van der Waals surface area contributed by atoms with E-state index in [2.05, 4.69) is 49.5 Å². The van der Waals surface area contributed by atoms with Crippen LogP contribution in [0.3, 0.4) is 0 Å². The first kappa shape index (κ1) is 14.6. The molecule has 0 radical (unpaired) electrons. The van der Waals surface area contributed by atoms with E-state index >= 15 is 0 Å². The molecule has 0 aromatic carbocycles. The lowest BCUT2D eigenvalue weighted by molar-refractivity contribution is 0.338. The highest BCUT2D eigenvalue weighted by Gasteiger charge is 2.21. The zero-order valence-electron chi connectivity index (χ0n) is 11.9. The molecule has 0 bridgehead atoms. The Morgan fingerprint density at radius 3 is 2.41 bits per heavy atom. The minimum atomic E-state index is 0.380. The summed E-state index contributed by atoms with van der Waals surface area (Å²) in [7, 11) is 2.02. The molecular formula is C13H25N3S. The average Bonchev–Trinajstić information content (AvgIpc) is 2.66. The van der Waals surface area contributed by atoms with Crippen molar-refractivity contribution in [2.45, 2.75) is 59.4 Å². The predicted octanol–water partition coefficient (Wildman–Crippen LogP) is 3.75. The Morgan fingerprint density at radius 1 is 1.29 bits per heavy atom. The van der Waals surface area contributed by atoms with Crippen molar-refractivity contribution in [1.82, 2.24) is 14.9 Å². The summed E-state index contributed by atoms with van der Waals surface area (Å²) >= 11 is 1.54. The minimum Gasteiger partial charge on any atom is -0.312 e. The van der Waals surface area contributed by atoms with Crippen LogP contribution in [0.15, 0.2) is 0 Å². The van der Waals surface area contributed by atoms with Gasteiger partial charge < -0.3 is 5.32 Å². The van der Waals surface area contributed by atoms with E-state index in [0.717, 1.165) is 12.1 Å². The fourth-order valence-electron chi connectivity index (χ4n) is 1.83. The van der Waals surface area contributed by atoms with Gasteiger partial charge in [-0.25, -0.2) is 0 Å². The number of nitrogens with one attached hydrogen (secondary N) is 1. The Balaban J connectivity index is 2.76. The van der Waals surface area contributed by atoms with Gasteiger partial charge in [-0.3, -0.25) is 0 Å². The summed E-state index contributed by atoms with van der Waals surface area (Å²) in [5.74, 6) is 0.453. The van der Waals surface area contributed by atoms with E-state index in [1.165, 1.54) is 22.8 Å². The van der Waals surface area contributed by atoms with Crippen LogP contribution in [0.2, 0.25) is 0 Å². The highest BCUT2D eigenvalue weighted by molar-refractivity contribution is 7.05. The van der Waals surface area contributed by atoms with E-state index in [-0.39, 0.29) is 0 Å². The molecule has 1 aromatic rings. The molecule has 1 heterocycles. The van der Waals surface area contributed by atoms with Crippen LogP contribution >= 0.6 is 11.5 Å². The second-order valence-corrected chi connectivity index (χ2v) is 6.90. The first-order chi connectivity index (χ1) is 7.85. The molecular weight excluding hydrogens is 230 g/mol. The van der Waals surface area contributed by atoms with Gasteiger partial charge in [0.2, 0.25) is 0 Å². The third-order valence-corrected chi connectivity index (χ3v) is 3.79. The van der Waals surface area contributed by atoms with Gasteiger partial charge in [-0.2, -0.15) is 0 Å². The Labute approximate surface area is 109 Å². The van der Waals surface area contributed by atoms with Gasteiger partial charge in [0.15, 0.2) is 0 Å².